The van der Waals surface area contributed by atoms with Crippen molar-refractivity contribution in [1.29, 1.82) is 0 Å². The van der Waals surface area contributed by atoms with Gasteiger partial charge in [-0.2, -0.15) is 0 Å². The number of hydrogen-bond acceptors (Lipinski definition) is 2. The van der Waals surface area contributed by atoms with Gasteiger partial charge in [0.2, 0.25) is 0 Å². The number of hydrogen-bond donors (Lipinski definition) is 0. The summed E-state index contributed by atoms with van der Waals surface area (Å²) in [6.45, 7) is 4.76. The van der Waals surface area contributed by atoms with Crippen LogP contribution in [0.3, 0.4) is 0 Å². The molecule has 0 aliphatic carbocycles. The Morgan fingerprint density at radius 3 is 2.76 bits per heavy atom. The van der Waals surface area contributed by atoms with E-state index in [9.17, 15) is 4.79 Å². The monoisotopic (exact) mass is 232 g/mol. The van der Waals surface area contributed by atoms with Gasteiger partial charge in [-0.15, -0.1) is 0 Å². The van der Waals surface area contributed by atoms with Crippen molar-refractivity contribution in [2.24, 2.45) is 4.99 Å². The van der Waals surface area contributed by atoms with Gasteiger partial charge in [0.25, 0.3) is 5.91 Å². The summed E-state index contributed by atoms with van der Waals surface area (Å²) in [5.41, 5.74) is 1.41. The maximum Gasteiger partial charge on any atom is 0.255 e. The number of amides is 1. The van der Waals surface area contributed by atoms with E-state index in [1.165, 1.54) is 0 Å². The summed E-state index contributed by atoms with van der Waals surface area (Å²) in [4.78, 5) is 18.2. The zero-order valence-electron chi connectivity index (χ0n) is 10.8. The third-order valence-corrected chi connectivity index (χ3v) is 2.60. The molecule has 0 aromatic heterocycles. The maximum atomic E-state index is 12.2. The van der Waals surface area contributed by atoms with Gasteiger partial charge in [0, 0.05) is 19.8 Å². The quantitative estimate of drug-likeness (QED) is 0.717. The number of aliphatic imine (C=N–C) groups is 1. The average molecular weight is 232 g/mol. The van der Waals surface area contributed by atoms with E-state index in [1.54, 1.807) is 11.1 Å². The van der Waals surface area contributed by atoms with Gasteiger partial charge in [-0.05, 0) is 25.5 Å². The Kier molecular flexibility index (Phi) is 5.40. The number of nitrogens with zero attached hydrogens (tertiary/aromatic N) is 2. The summed E-state index contributed by atoms with van der Waals surface area (Å²) in [6, 6.07) is 7.45. The van der Waals surface area contributed by atoms with E-state index in [0.717, 1.165) is 25.1 Å². The molecule has 0 unspecified atom stereocenters. The molecule has 0 saturated heterocycles. The summed E-state index contributed by atoms with van der Waals surface area (Å²) in [5, 5.41) is 0. The van der Waals surface area contributed by atoms with Crippen LogP contribution in [-0.4, -0.2) is 30.6 Å². The molecule has 0 fully saturated rings. The van der Waals surface area contributed by atoms with Crippen molar-refractivity contribution in [2.45, 2.75) is 26.7 Å². The topological polar surface area (TPSA) is 32.7 Å². The lowest BCUT2D eigenvalue weighted by molar-refractivity contribution is 0.0794. The largest absolute Gasteiger partial charge is 0.342 e. The summed E-state index contributed by atoms with van der Waals surface area (Å²) < 4.78 is 0. The maximum absolute atomic E-state index is 12.2. The fourth-order valence-electron chi connectivity index (χ4n) is 1.61. The number of carbonyl (C=O) groups excluding carboxylic acids is 1. The molecule has 0 aliphatic rings. The zero-order valence-corrected chi connectivity index (χ0v) is 10.8. The molecule has 1 amide bonds. The first-order chi connectivity index (χ1) is 8.20. The van der Waals surface area contributed by atoms with E-state index >= 15 is 0 Å². The number of para-hydroxylation sites is 1. The van der Waals surface area contributed by atoms with Crippen molar-refractivity contribution in [3.63, 3.8) is 0 Å². The molecule has 0 N–H and O–H groups in total. The number of carbonyl (C=O) groups is 1. The van der Waals surface area contributed by atoms with Crippen LogP contribution in [0.5, 0.6) is 0 Å². The number of benzene rings is 1. The predicted molar refractivity (Wildman–Crippen MR) is 72.1 cm³/mol. The molecule has 0 atom stereocenters. The molecule has 0 aliphatic heterocycles. The Morgan fingerprint density at radius 1 is 1.41 bits per heavy atom. The second kappa shape index (κ2) is 6.84. The molecule has 92 valence electrons. The minimum absolute atomic E-state index is 0.0413. The summed E-state index contributed by atoms with van der Waals surface area (Å²) in [7, 11) is 1.84. The molecule has 1 rings (SSSR count). The van der Waals surface area contributed by atoms with Gasteiger partial charge in [-0.3, -0.25) is 9.79 Å². The van der Waals surface area contributed by atoms with E-state index in [0.29, 0.717) is 5.56 Å². The Balaban J connectivity index is 2.87. The van der Waals surface area contributed by atoms with Crippen molar-refractivity contribution in [1.82, 2.24) is 4.90 Å². The zero-order chi connectivity index (χ0) is 12.7. The fraction of sp³-hybridized carbons (Fsp3) is 0.429. The lowest BCUT2D eigenvalue weighted by Crippen LogP contribution is -2.27. The van der Waals surface area contributed by atoms with Crippen LogP contribution < -0.4 is 0 Å². The van der Waals surface area contributed by atoms with Crippen molar-refractivity contribution in [2.75, 3.05) is 13.6 Å². The second-order valence-electron chi connectivity index (χ2n) is 3.98. The van der Waals surface area contributed by atoms with Gasteiger partial charge < -0.3 is 4.90 Å². The average Bonchev–Trinajstić information content (AvgIpc) is 2.36. The Labute approximate surface area is 103 Å². The van der Waals surface area contributed by atoms with Crippen LogP contribution in [0, 0.1) is 0 Å². The van der Waals surface area contributed by atoms with Gasteiger partial charge in [-0.25, -0.2) is 0 Å². The SMILES string of the molecule is C/C=N\c1ccccc1C(=O)N(C)CCCC. The molecule has 0 heterocycles. The molecule has 0 saturated carbocycles. The van der Waals surface area contributed by atoms with Gasteiger partial charge in [-0.1, -0.05) is 25.5 Å². The van der Waals surface area contributed by atoms with Gasteiger partial charge in [0.1, 0.15) is 0 Å². The van der Waals surface area contributed by atoms with Gasteiger partial charge >= 0.3 is 0 Å². The number of unbranched alkanes of at least 4 members (excludes halogenated alkanes) is 1. The summed E-state index contributed by atoms with van der Waals surface area (Å²) in [5.74, 6) is 0.0413. The van der Waals surface area contributed by atoms with Crippen molar-refractivity contribution >= 4 is 17.8 Å². The lowest BCUT2D eigenvalue weighted by Gasteiger charge is -2.17. The van der Waals surface area contributed by atoms with E-state index in [1.807, 2.05) is 38.2 Å². The summed E-state index contributed by atoms with van der Waals surface area (Å²) >= 11 is 0. The van der Waals surface area contributed by atoms with Crippen molar-refractivity contribution in [3.8, 4) is 0 Å². The molecule has 0 bridgehead atoms. The van der Waals surface area contributed by atoms with Crippen molar-refractivity contribution < 1.29 is 4.79 Å². The highest BCUT2D eigenvalue weighted by molar-refractivity contribution is 5.99. The normalized spacial score (nSPS) is 10.8. The van der Waals surface area contributed by atoms with Crippen LogP contribution in [0.2, 0.25) is 0 Å². The smallest absolute Gasteiger partial charge is 0.255 e. The molecule has 1 aromatic rings. The first-order valence-corrected chi connectivity index (χ1v) is 6.03. The van der Waals surface area contributed by atoms with Crippen LogP contribution in [0.25, 0.3) is 0 Å². The van der Waals surface area contributed by atoms with Gasteiger partial charge in [0.15, 0.2) is 0 Å². The minimum Gasteiger partial charge on any atom is -0.342 e. The minimum atomic E-state index is 0.0413. The van der Waals surface area contributed by atoms with E-state index in [4.69, 9.17) is 0 Å². The van der Waals surface area contributed by atoms with Gasteiger partial charge in [0.05, 0.1) is 11.3 Å². The lowest BCUT2D eigenvalue weighted by atomic mass is 10.1. The first kappa shape index (κ1) is 13.4. The third kappa shape index (κ3) is 3.70. The molecule has 3 nitrogen and oxygen atoms in total. The highest BCUT2D eigenvalue weighted by atomic mass is 16.2. The van der Waals surface area contributed by atoms with E-state index < -0.39 is 0 Å². The first-order valence-electron chi connectivity index (χ1n) is 6.03. The van der Waals surface area contributed by atoms with Crippen LogP contribution in [0.15, 0.2) is 29.3 Å². The van der Waals surface area contributed by atoms with Crippen LogP contribution in [0.1, 0.15) is 37.0 Å². The molecule has 3 heteroatoms. The Morgan fingerprint density at radius 2 is 2.12 bits per heavy atom. The third-order valence-electron chi connectivity index (χ3n) is 2.60. The van der Waals surface area contributed by atoms with Crippen LogP contribution >= 0.6 is 0 Å². The highest BCUT2D eigenvalue weighted by Crippen LogP contribution is 2.19. The number of rotatable bonds is 5. The molecule has 0 radical (unpaired) electrons. The predicted octanol–water partition coefficient (Wildman–Crippen LogP) is 3.28. The van der Waals surface area contributed by atoms with Crippen molar-refractivity contribution in [3.05, 3.63) is 29.8 Å². The molecular formula is C14H20N2O. The molecule has 1 aromatic carbocycles. The molecule has 17 heavy (non-hydrogen) atoms. The molecular weight excluding hydrogens is 212 g/mol. The molecule has 0 spiro atoms. The highest BCUT2D eigenvalue weighted by Gasteiger charge is 2.14. The van der Waals surface area contributed by atoms with Crippen LogP contribution in [0.4, 0.5) is 5.69 Å². The summed E-state index contributed by atoms with van der Waals surface area (Å²) in [6.07, 6.45) is 3.83. The standard InChI is InChI=1S/C14H20N2O/c1-4-6-11-16(3)14(17)12-9-7-8-10-13(12)15-5-2/h5,7-10H,4,6,11H2,1-3H3/b15-5-. The Hall–Kier alpha value is -1.64. The van der Waals surface area contributed by atoms with E-state index in [2.05, 4.69) is 11.9 Å². The van der Waals surface area contributed by atoms with Crippen LogP contribution in [-0.2, 0) is 0 Å². The van der Waals surface area contributed by atoms with E-state index in [-0.39, 0.29) is 5.91 Å². The second-order valence-corrected chi connectivity index (χ2v) is 3.98. The Bertz CT molecular complexity index is 399. The fourth-order valence-corrected chi connectivity index (χ4v) is 1.61.